The number of benzene rings is 1. The summed E-state index contributed by atoms with van der Waals surface area (Å²) in [4.78, 5) is 25.8. The molecule has 8 heteroatoms. The molecular formula is C17H16ClNO6. The zero-order valence-corrected chi connectivity index (χ0v) is 14.7. The predicted octanol–water partition coefficient (Wildman–Crippen LogP) is 2.79. The van der Waals surface area contributed by atoms with Crippen molar-refractivity contribution >= 4 is 40.2 Å². The lowest BCUT2D eigenvalue weighted by Gasteiger charge is -2.31. The van der Waals surface area contributed by atoms with Crippen LogP contribution in [0.1, 0.15) is 5.76 Å². The Morgan fingerprint density at radius 3 is 2.56 bits per heavy atom. The van der Waals surface area contributed by atoms with Gasteiger partial charge in [-0.25, -0.2) is 9.59 Å². The van der Waals surface area contributed by atoms with Crippen LogP contribution in [0.25, 0.3) is 11.0 Å². The molecule has 0 saturated carbocycles. The van der Waals surface area contributed by atoms with Crippen molar-refractivity contribution in [2.75, 3.05) is 32.5 Å². The van der Waals surface area contributed by atoms with Gasteiger partial charge < -0.3 is 23.5 Å². The van der Waals surface area contributed by atoms with Gasteiger partial charge in [-0.15, -0.1) is 0 Å². The summed E-state index contributed by atoms with van der Waals surface area (Å²) in [6, 6.07) is 5.27. The molecule has 1 aliphatic heterocycles. The van der Waals surface area contributed by atoms with Gasteiger partial charge in [-0.1, -0.05) is 11.6 Å². The van der Waals surface area contributed by atoms with E-state index in [2.05, 4.69) is 0 Å². The van der Waals surface area contributed by atoms with E-state index in [1.807, 2.05) is 13.0 Å². The Morgan fingerprint density at radius 2 is 1.88 bits per heavy atom. The first-order chi connectivity index (χ1) is 12.0. The number of fused-ring (bicyclic) bond motifs is 1. The lowest BCUT2D eigenvalue weighted by Crippen LogP contribution is -2.38. The Bertz CT molecular complexity index is 885. The van der Waals surface area contributed by atoms with Crippen molar-refractivity contribution in [2.45, 2.75) is 6.92 Å². The topological polar surface area (TPSA) is 78.2 Å². The van der Waals surface area contributed by atoms with Crippen molar-refractivity contribution in [1.29, 1.82) is 0 Å². The molecule has 2 aromatic rings. The van der Waals surface area contributed by atoms with Crippen molar-refractivity contribution in [3.63, 3.8) is 0 Å². The number of halogens is 1. The highest BCUT2D eigenvalue weighted by atomic mass is 35.5. The molecule has 0 N–H and O–H groups in total. The first-order valence-electron chi connectivity index (χ1n) is 7.41. The Labute approximate surface area is 148 Å². The van der Waals surface area contributed by atoms with Crippen molar-refractivity contribution < 1.29 is 28.2 Å². The highest BCUT2D eigenvalue weighted by molar-refractivity contribution is 6.35. The number of esters is 2. The van der Waals surface area contributed by atoms with Crippen molar-refractivity contribution in [2.24, 2.45) is 0 Å². The first-order valence-corrected chi connectivity index (χ1v) is 7.78. The van der Waals surface area contributed by atoms with Gasteiger partial charge in [0, 0.05) is 11.1 Å². The second-order valence-electron chi connectivity index (χ2n) is 5.42. The minimum atomic E-state index is -0.664. The van der Waals surface area contributed by atoms with E-state index in [4.69, 9.17) is 30.2 Å². The summed E-state index contributed by atoms with van der Waals surface area (Å²) in [6.45, 7) is 1.83. The molecular weight excluding hydrogens is 350 g/mol. The summed E-state index contributed by atoms with van der Waals surface area (Å²) in [6.07, 6.45) is 0. The second kappa shape index (κ2) is 6.78. The Balaban J connectivity index is 2.16. The van der Waals surface area contributed by atoms with E-state index in [9.17, 15) is 9.59 Å². The van der Waals surface area contributed by atoms with Crippen LogP contribution in [0, 0.1) is 6.92 Å². The van der Waals surface area contributed by atoms with Gasteiger partial charge in [0.25, 0.3) is 0 Å². The Morgan fingerprint density at radius 1 is 1.16 bits per heavy atom. The average molecular weight is 366 g/mol. The Kier molecular flexibility index (Phi) is 4.69. The number of nitrogens with zero attached hydrogens (tertiary/aromatic N) is 1. The molecule has 7 nitrogen and oxygen atoms in total. The van der Waals surface area contributed by atoms with Gasteiger partial charge in [0.15, 0.2) is 5.58 Å². The van der Waals surface area contributed by atoms with Crippen LogP contribution in [-0.2, 0) is 23.8 Å². The van der Waals surface area contributed by atoms with Gasteiger partial charge in [-0.05, 0) is 25.1 Å². The van der Waals surface area contributed by atoms with Crippen LogP contribution in [0.3, 0.4) is 0 Å². The van der Waals surface area contributed by atoms with Gasteiger partial charge in [-0.2, -0.15) is 0 Å². The molecule has 2 heterocycles. The van der Waals surface area contributed by atoms with Crippen molar-refractivity contribution in [1.82, 2.24) is 0 Å². The molecule has 0 bridgehead atoms. The SMILES string of the molecule is COC(=O)C1=C(C(=O)OC)N(c2cc(Cl)c3oc(C)cc3c2)COC1. The maximum atomic E-state index is 12.3. The van der Waals surface area contributed by atoms with Gasteiger partial charge in [0.05, 0.1) is 31.4 Å². The number of carbonyl (C=O) groups excluding carboxylic acids is 2. The van der Waals surface area contributed by atoms with Crippen molar-refractivity contribution in [3.05, 3.63) is 40.3 Å². The van der Waals surface area contributed by atoms with E-state index in [-0.39, 0.29) is 24.6 Å². The summed E-state index contributed by atoms with van der Waals surface area (Å²) < 4.78 is 20.6. The van der Waals surface area contributed by atoms with Gasteiger partial charge >= 0.3 is 11.9 Å². The minimum absolute atomic E-state index is 0.0472. The van der Waals surface area contributed by atoms with Crippen LogP contribution >= 0.6 is 11.6 Å². The fraction of sp³-hybridized carbons (Fsp3) is 0.294. The number of hydrogen-bond acceptors (Lipinski definition) is 7. The van der Waals surface area contributed by atoms with Crippen LogP contribution in [0.5, 0.6) is 0 Å². The summed E-state index contributed by atoms with van der Waals surface area (Å²) in [5.74, 6) is -0.609. The van der Waals surface area contributed by atoms with E-state index in [0.29, 0.717) is 22.1 Å². The number of ether oxygens (including phenoxy) is 3. The van der Waals surface area contributed by atoms with Crippen LogP contribution < -0.4 is 4.90 Å². The number of anilines is 1. The van der Waals surface area contributed by atoms with E-state index >= 15 is 0 Å². The quantitative estimate of drug-likeness (QED) is 0.774. The largest absolute Gasteiger partial charge is 0.466 e. The first kappa shape index (κ1) is 17.3. The number of hydrogen-bond donors (Lipinski definition) is 0. The van der Waals surface area contributed by atoms with Crippen molar-refractivity contribution in [3.8, 4) is 0 Å². The fourth-order valence-corrected chi connectivity index (χ4v) is 2.99. The highest BCUT2D eigenvalue weighted by Gasteiger charge is 2.32. The number of furan rings is 1. The van der Waals surface area contributed by atoms with E-state index in [1.165, 1.54) is 19.1 Å². The smallest absolute Gasteiger partial charge is 0.355 e. The molecule has 25 heavy (non-hydrogen) atoms. The summed E-state index contributed by atoms with van der Waals surface area (Å²) >= 11 is 6.30. The monoisotopic (exact) mass is 365 g/mol. The third-order valence-electron chi connectivity index (χ3n) is 3.82. The molecule has 0 radical (unpaired) electrons. The lowest BCUT2D eigenvalue weighted by atomic mass is 10.1. The van der Waals surface area contributed by atoms with Crippen LogP contribution in [0.15, 0.2) is 33.9 Å². The second-order valence-corrected chi connectivity index (χ2v) is 5.83. The predicted molar refractivity (Wildman–Crippen MR) is 90.3 cm³/mol. The van der Waals surface area contributed by atoms with Gasteiger partial charge in [0.2, 0.25) is 0 Å². The third-order valence-corrected chi connectivity index (χ3v) is 4.10. The molecule has 1 aliphatic rings. The average Bonchev–Trinajstić information content (AvgIpc) is 3.00. The highest BCUT2D eigenvalue weighted by Crippen LogP contribution is 2.35. The molecule has 0 saturated heterocycles. The number of methoxy groups -OCH3 is 2. The molecule has 3 rings (SSSR count). The molecule has 1 aromatic heterocycles. The fourth-order valence-electron chi connectivity index (χ4n) is 2.73. The molecule has 0 unspecified atom stereocenters. The van der Waals surface area contributed by atoms with Gasteiger partial charge in [-0.3, -0.25) is 0 Å². The van der Waals surface area contributed by atoms with Crippen LogP contribution in [-0.4, -0.2) is 39.5 Å². The summed E-state index contributed by atoms with van der Waals surface area (Å²) in [5.41, 5.74) is 1.27. The van der Waals surface area contributed by atoms with Gasteiger partial charge in [0.1, 0.15) is 18.2 Å². The zero-order chi connectivity index (χ0) is 18.1. The van der Waals surface area contributed by atoms with E-state index in [1.54, 1.807) is 12.1 Å². The molecule has 132 valence electrons. The molecule has 0 aliphatic carbocycles. The standard InChI is InChI=1S/C17H16ClNO6/c1-9-4-10-5-11(6-13(18)15(10)25-9)19-8-24-7-12(16(20)22-2)14(19)17(21)23-3/h4-6H,7-8H2,1-3H3. The molecule has 0 atom stereocenters. The van der Waals surface area contributed by atoms with E-state index < -0.39 is 11.9 Å². The lowest BCUT2D eigenvalue weighted by molar-refractivity contribution is -0.140. The number of rotatable bonds is 3. The molecule has 0 spiro atoms. The maximum absolute atomic E-state index is 12.3. The summed E-state index contributed by atoms with van der Waals surface area (Å²) in [7, 11) is 2.48. The molecule has 0 fully saturated rings. The molecule has 1 aromatic carbocycles. The number of carbonyl (C=O) groups is 2. The molecule has 0 amide bonds. The van der Waals surface area contributed by atoms with Crippen LogP contribution in [0.2, 0.25) is 5.02 Å². The number of aryl methyl sites for hydroxylation is 1. The maximum Gasteiger partial charge on any atom is 0.355 e. The Hall–Kier alpha value is -2.51. The summed E-state index contributed by atoms with van der Waals surface area (Å²) in [5, 5.41) is 1.16. The normalized spacial score (nSPS) is 14.8. The van der Waals surface area contributed by atoms with E-state index in [0.717, 1.165) is 5.39 Å². The zero-order valence-electron chi connectivity index (χ0n) is 13.9. The minimum Gasteiger partial charge on any atom is -0.466 e. The van der Waals surface area contributed by atoms with Crippen LogP contribution in [0.4, 0.5) is 5.69 Å². The third kappa shape index (κ3) is 3.08.